The lowest BCUT2D eigenvalue weighted by molar-refractivity contribution is -0.119. The first-order valence-corrected chi connectivity index (χ1v) is 7.78. The highest BCUT2D eigenvalue weighted by Gasteiger charge is 2.15. The smallest absolute Gasteiger partial charge is 0.228 e. The van der Waals surface area contributed by atoms with Gasteiger partial charge >= 0.3 is 0 Å². The van der Waals surface area contributed by atoms with Crippen LogP contribution in [0.15, 0.2) is 0 Å². The first-order valence-electron chi connectivity index (χ1n) is 6.96. The number of hydrogen-bond acceptors (Lipinski definition) is 4. The Morgan fingerprint density at radius 3 is 2.63 bits per heavy atom. The summed E-state index contributed by atoms with van der Waals surface area (Å²) in [6, 6.07) is 0.212. The topological polar surface area (TPSA) is 68.0 Å². The van der Waals surface area contributed by atoms with Crippen LogP contribution >= 0.6 is 11.3 Å². The molecule has 0 spiro atoms. The number of nitrogens with one attached hydrogen (secondary N) is 1. The van der Waals surface area contributed by atoms with Gasteiger partial charge in [0.2, 0.25) is 5.91 Å². The van der Waals surface area contributed by atoms with E-state index < -0.39 is 0 Å². The summed E-state index contributed by atoms with van der Waals surface area (Å²) in [5.74, 6) is 0.0640. The number of aromatic nitrogens is 1. The van der Waals surface area contributed by atoms with Gasteiger partial charge in [-0.1, -0.05) is 20.3 Å². The molecule has 0 aromatic carbocycles. The molecule has 0 saturated carbocycles. The molecule has 19 heavy (non-hydrogen) atoms. The number of thiazole rings is 1. The third kappa shape index (κ3) is 5.28. The lowest BCUT2D eigenvalue weighted by atomic mass is 10.0. The summed E-state index contributed by atoms with van der Waals surface area (Å²) in [6.07, 6.45) is 3.73. The van der Waals surface area contributed by atoms with Gasteiger partial charge in [0, 0.05) is 16.8 Å². The molecule has 2 atom stereocenters. The van der Waals surface area contributed by atoms with Gasteiger partial charge in [-0.05, 0) is 33.1 Å². The molecular formula is C14H25N3OS. The molecule has 1 heterocycles. The lowest BCUT2D eigenvalue weighted by Gasteiger charge is -2.11. The van der Waals surface area contributed by atoms with E-state index in [9.17, 15) is 4.79 Å². The fourth-order valence-corrected chi connectivity index (χ4v) is 2.82. The van der Waals surface area contributed by atoms with Crippen molar-refractivity contribution in [1.82, 2.24) is 4.98 Å². The van der Waals surface area contributed by atoms with Crippen molar-refractivity contribution in [2.45, 2.75) is 59.4 Å². The van der Waals surface area contributed by atoms with Crippen LogP contribution in [0.5, 0.6) is 0 Å². The van der Waals surface area contributed by atoms with Gasteiger partial charge < -0.3 is 11.1 Å². The van der Waals surface area contributed by atoms with E-state index in [2.05, 4.69) is 17.2 Å². The van der Waals surface area contributed by atoms with E-state index >= 15 is 0 Å². The largest absolute Gasteiger partial charge is 0.328 e. The number of nitrogens with two attached hydrogens (primary N) is 1. The maximum Gasteiger partial charge on any atom is 0.228 e. The maximum atomic E-state index is 12.0. The van der Waals surface area contributed by atoms with Gasteiger partial charge in [-0.15, -0.1) is 11.3 Å². The minimum Gasteiger partial charge on any atom is -0.328 e. The lowest BCUT2D eigenvalue weighted by Crippen LogP contribution is -2.21. The van der Waals surface area contributed by atoms with Crippen LogP contribution in [0.2, 0.25) is 0 Å². The number of hydrogen-bond donors (Lipinski definition) is 2. The number of anilines is 1. The molecule has 3 N–H and O–H groups in total. The minimum atomic E-state index is 0.00744. The summed E-state index contributed by atoms with van der Waals surface area (Å²) in [6.45, 7) is 8.07. The monoisotopic (exact) mass is 283 g/mol. The van der Waals surface area contributed by atoms with E-state index in [0.29, 0.717) is 0 Å². The van der Waals surface area contributed by atoms with E-state index in [4.69, 9.17) is 5.73 Å². The van der Waals surface area contributed by atoms with E-state index in [1.807, 2.05) is 20.8 Å². The Labute approximate surface area is 119 Å². The standard InChI is InChI=1S/C14H25N3OS/c1-5-12-11(4)19-14(16-12)17-13(18)9(2)7-6-8-10(3)15/h9-10H,5-8,15H2,1-4H3,(H,16,17,18). The third-order valence-corrected chi connectivity index (χ3v) is 4.13. The molecule has 0 fully saturated rings. The quantitative estimate of drug-likeness (QED) is 0.808. The Morgan fingerprint density at radius 1 is 1.42 bits per heavy atom. The molecule has 1 aromatic heterocycles. The van der Waals surface area contributed by atoms with Gasteiger partial charge in [0.15, 0.2) is 5.13 Å². The summed E-state index contributed by atoms with van der Waals surface area (Å²) in [5, 5.41) is 3.63. The van der Waals surface area contributed by atoms with Crippen molar-refractivity contribution in [1.29, 1.82) is 0 Å². The predicted octanol–water partition coefficient (Wildman–Crippen LogP) is 3.11. The van der Waals surface area contributed by atoms with Crippen LogP contribution in [0.25, 0.3) is 0 Å². The van der Waals surface area contributed by atoms with E-state index in [-0.39, 0.29) is 17.9 Å². The molecule has 1 rings (SSSR count). The molecule has 1 amide bonds. The van der Waals surface area contributed by atoms with Crippen molar-refractivity contribution >= 4 is 22.4 Å². The summed E-state index contributed by atoms with van der Waals surface area (Å²) >= 11 is 1.55. The van der Waals surface area contributed by atoms with Crippen molar-refractivity contribution in [3.8, 4) is 0 Å². The molecular weight excluding hydrogens is 258 g/mol. The average Bonchev–Trinajstić information content (AvgIpc) is 2.68. The molecule has 0 aliphatic rings. The zero-order valence-electron chi connectivity index (χ0n) is 12.3. The van der Waals surface area contributed by atoms with Crippen LogP contribution in [0.4, 0.5) is 5.13 Å². The van der Waals surface area contributed by atoms with Crippen LogP contribution in [0.3, 0.4) is 0 Å². The molecule has 0 aliphatic carbocycles. The van der Waals surface area contributed by atoms with Crippen molar-refractivity contribution in [3.63, 3.8) is 0 Å². The van der Waals surface area contributed by atoms with Crippen molar-refractivity contribution < 1.29 is 4.79 Å². The highest BCUT2D eigenvalue weighted by atomic mass is 32.1. The zero-order valence-corrected chi connectivity index (χ0v) is 13.1. The number of rotatable bonds is 7. The second kappa shape index (κ2) is 7.60. The Morgan fingerprint density at radius 2 is 2.11 bits per heavy atom. The first-order chi connectivity index (χ1) is 8.93. The van der Waals surface area contributed by atoms with E-state index in [0.717, 1.165) is 36.5 Å². The second-order valence-corrected chi connectivity index (χ2v) is 6.38. The maximum absolute atomic E-state index is 12.0. The Balaban J connectivity index is 2.44. The second-order valence-electron chi connectivity index (χ2n) is 5.17. The van der Waals surface area contributed by atoms with Crippen molar-refractivity contribution in [3.05, 3.63) is 10.6 Å². The molecule has 2 unspecified atom stereocenters. The summed E-state index contributed by atoms with van der Waals surface area (Å²) < 4.78 is 0. The highest BCUT2D eigenvalue weighted by molar-refractivity contribution is 7.15. The van der Waals surface area contributed by atoms with Crippen LogP contribution in [-0.4, -0.2) is 16.9 Å². The highest BCUT2D eigenvalue weighted by Crippen LogP contribution is 2.23. The van der Waals surface area contributed by atoms with Gasteiger partial charge in [-0.25, -0.2) is 4.98 Å². The van der Waals surface area contributed by atoms with Gasteiger partial charge in [-0.2, -0.15) is 0 Å². The zero-order chi connectivity index (χ0) is 14.4. The number of carbonyl (C=O) groups is 1. The summed E-state index contributed by atoms with van der Waals surface area (Å²) in [4.78, 5) is 17.6. The molecule has 0 saturated heterocycles. The third-order valence-electron chi connectivity index (χ3n) is 3.20. The van der Waals surface area contributed by atoms with Crippen LogP contribution < -0.4 is 11.1 Å². The Kier molecular flexibility index (Phi) is 6.45. The van der Waals surface area contributed by atoms with E-state index in [1.165, 1.54) is 4.88 Å². The van der Waals surface area contributed by atoms with Gasteiger partial charge in [0.1, 0.15) is 0 Å². The molecule has 4 nitrogen and oxygen atoms in total. The fourth-order valence-electron chi connectivity index (χ4n) is 1.92. The Bertz CT molecular complexity index is 415. The van der Waals surface area contributed by atoms with E-state index in [1.54, 1.807) is 11.3 Å². The van der Waals surface area contributed by atoms with Crippen molar-refractivity contribution in [2.24, 2.45) is 11.7 Å². The number of amides is 1. The molecule has 108 valence electrons. The molecule has 0 bridgehead atoms. The van der Waals surface area contributed by atoms with Crippen LogP contribution in [0, 0.1) is 12.8 Å². The van der Waals surface area contributed by atoms with Gasteiger partial charge in [0.05, 0.1) is 5.69 Å². The van der Waals surface area contributed by atoms with Crippen molar-refractivity contribution in [2.75, 3.05) is 5.32 Å². The molecule has 0 aliphatic heterocycles. The van der Waals surface area contributed by atoms with Crippen LogP contribution in [-0.2, 0) is 11.2 Å². The fraction of sp³-hybridized carbons (Fsp3) is 0.714. The normalized spacial score (nSPS) is 14.2. The number of nitrogens with zero attached hydrogens (tertiary/aromatic N) is 1. The number of aryl methyl sites for hydroxylation is 2. The molecule has 0 radical (unpaired) electrons. The number of carbonyl (C=O) groups excluding carboxylic acids is 1. The summed E-state index contributed by atoms with van der Waals surface area (Å²) in [5.41, 5.74) is 6.78. The summed E-state index contributed by atoms with van der Waals surface area (Å²) in [7, 11) is 0. The van der Waals surface area contributed by atoms with Gasteiger partial charge in [-0.3, -0.25) is 4.79 Å². The average molecular weight is 283 g/mol. The van der Waals surface area contributed by atoms with Gasteiger partial charge in [0.25, 0.3) is 0 Å². The molecule has 5 heteroatoms. The SMILES string of the molecule is CCc1nc(NC(=O)C(C)CCCC(C)N)sc1C. The molecule has 1 aromatic rings. The first kappa shape index (κ1) is 16.1. The minimum absolute atomic E-state index is 0.00744. The Hall–Kier alpha value is -0.940. The predicted molar refractivity (Wildman–Crippen MR) is 81.5 cm³/mol. The van der Waals surface area contributed by atoms with Crippen LogP contribution in [0.1, 0.15) is 50.6 Å².